The molecule has 6 heteroatoms. The summed E-state index contributed by atoms with van der Waals surface area (Å²) in [6, 6.07) is 9.30. The van der Waals surface area contributed by atoms with Gasteiger partial charge in [-0.3, -0.25) is 4.79 Å². The van der Waals surface area contributed by atoms with Crippen LogP contribution in [-0.4, -0.2) is 24.7 Å². The normalized spacial score (nSPS) is 14.0. The lowest BCUT2D eigenvalue weighted by Gasteiger charge is -2.28. The van der Waals surface area contributed by atoms with Crippen molar-refractivity contribution in [1.82, 2.24) is 0 Å². The minimum absolute atomic E-state index is 0.0896. The van der Waals surface area contributed by atoms with E-state index in [9.17, 15) is 9.59 Å². The van der Waals surface area contributed by atoms with Crippen LogP contribution in [0.3, 0.4) is 0 Å². The number of esters is 1. The Morgan fingerprint density at radius 3 is 2.95 bits per heavy atom. The number of hydrogen-bond donors (Lipinski definition) is 0. The molecule has 0 saturated carbocycles. The van der Waals surface area contributed by atoms with Gasteiger partial charge in [-0.05, 0) is 29.6 Å². The van der Waals surface area contributed by atoms with Gasteiger partial charge in [0.05, 0.1) is 30.7 Å². The number of methoxy groups -OCH3 is 1. The summed E-state index contributed by atoms with van der Waals surface area (Å²) in [6.07, 6.45) is 0. The molecule has 4 nitrogen and oxygen atoms in total. The molecule has 2 aromatic rings. The van der Waals surface area contributed by atoms with E-state index in [1.807, 2.05) is 23.6 Å². The molecule has 3 rings (SSSR count). The molecule has 0 bridgehead atoms. The van der Waals surface area contributed by atoms with Crippen molar-refractivity contribution in [3.05, 3.63) is 46.2 Å². The van der Waals surface area contributed by atoms with E-state index in [0.717, 1.165) is 15.5 Å². The molecule has 0 aliphatic carbocycles. The van der Waals surface area contributed by atoms with Gasteiger partial charge in [0.15, 0.2) is 0 Å². The van der Waals surface area contributed by atoms with Crippen molar-refractivity contribution >= 4 is 40.7 Å². The minimum Gasteiger partial charge on any atom is -0.465 e. The SMILES string of the molecule is COC(=O)c1ccc2c(c1)SCC(=O)N2Cc1cccs1. The van der Waals surface area contributed by atoms with Crippen LogP contribution in [0.2, 0.25) is 0 Å². The van der Waals surface area contributed by atoms with Gasteiger partial charge >= 0.3 is 5.97 Å². The van der Waals surface area contributed by atoms with Gasteiger partial charge in [0, 0.05) is 9.77 Å². The first-order valence-electron chi connectivity index (χ1n) is 6.37. The first-order valence-corrected chi connectivity index (χ1v) is 8.23. The molecule has 1 aliphatic heterocycles. The van der Waals surface area contributed by atoms with Crippen molar-refractivity contribution in [3.8, 4) is 0 Å². The molecule has 0 atom stereocenters. The Balaban J connectivity index is 1.94. The van der Waals surface area contributed by atoms with Gasteiger partial charge in [-0.25, -0.2) is 4.79 Å². The number of fused-ring (bicyclic) bond motifs is 1. The van der Waals surface area contributed by atoms with Crippen molar-refractivity contribution in [3.63, 3.8) is 0 Å². The van der Waals surface area contributed by atoms with Crippen LogP contribution in [0.1, 0.15) is 15.2 Å². The highest BCUT2D eigenvalue weighted by Crippen LogP contribution is 2.37. The summed E-state index contributed by atoms with van der Waals surface area (Å²) < 4.78 is 4.73. The maximum Gasteiger partial charge on any atom is 0.337 e. The molecule has 0 N–H and O–H groups in total. The number of amides is 1. The Hall–Kier alpha value is -1.79. The number of thiophene rings is 1. The van der Waals surface area contributed by atoms with E-state index in [-0.39, 0.29) is 11.9 Å². The van der Waals surface area contributed by atoms with E-state index in [4.69, 9.17) is 4.74 Å². The van der Waals surface area contributed by atoms with E-state index < -0.39 is 0 Å². The zero-order valence-corrected chi connectivity index (χ0v) is 13.0. The number of rotatable bonds is 3. The summed E-state index contributed by atoms with van der Waals surface area (Å²) in [5, 5.41) is 2.00. The maximum absolute atomic E-state index is 12.2. The van der Waals surface area contributed by atoms with Crippen LogP contribution in [-0.2, 0) is 16.1 Å². The largest absolute Gasteiger partial charge is 0.465 e. The molecule has 0 spiro atoms. The molecule has 0 unspecified atom stereocenters. The average molecular weight is 319 g/mol. The molecule has 1 aromatic heterocycles. The summed E-state index contributed by atoms with van der Waals surface area (Å²) in [5.41, 5.74) is 1.37. The Morgan fingerprint density at radius 2 is 2.24 bits per heavy atom. The van der Waals surface area contributed by atoms with Crippen LogP contribution in [0.15, 0.2) is 40.6 Å². The summed E-state index contributed by atoms with van der Waals surface area (Å²) in [5.74, 6) is 0.120. The van der Waals surface area contributed by atoms with Crippen molar-refractivity contribution in [1.29, 1.82) is 0 Å². The van der Waals surface area contributed by atoms with Crippen molar-refractivity contribution in [2.45, 2.75) is 11.4 Å². The van der Waals surface area contributed by atoms with Crippen molar-refractivity contribution in [2.24, 2.45) is 0 Å². The Bertz CT molecular complexity index is 682. The number of benzene rings is 1. The molecule has 21 heavy (non-hydrogen) atoms. The number of ether oxygens (including phenoxy) is 1. The number of anilines is 1. The van der Waals surface area contributed by atoms with Crippen LogP contribution >= 0.6 is 23.1 Å². The lowest BCUT2D eigenvalue weighted by Crippen LogP contribution is -2.34. The second-order valence-corrected chi connectivity index (χ2v) is 6.57. The quantitative estimate of drug-likeness (QED) is 0.815. The van der Waals surface area contributed by atoms with Gasteiger partial charge < -0.3 is 9.64 Å². The van der Waals surface area contributed by atoms with E-state index in [2.05, 4.69) is 0 Å². The first kappa shape index (κ1) is 14.2. The third-order valence-electron chi connectivity index (χ3n) is 3.22. The highest BCUT2D eigenvalue weighted by atomic mass is 32.2. The smallest absolute Gasteiger partial charge is 0.337 e. The number of thioether (sulfide) groups is 1. The molecule has 1 aromatic carbocycles. The molecular formula is C15H13NO3S2. The fourth-order valence-electron chi connectivity index (χ4n) is 2.18. The summed E-state index contributed by atoms with van der Waals surface area (Å²) in [6.45, 7) is 0.571. The fourth-order valence-corrected chi connectivity index (χ4v) is 3.84. The number of hydrogen-bond acceptors (Lipinski definition) is 5. The van der Waals surface area contributed by atoms with Gasteiger partial charge in [0.1, 0.15) is 0 Å². The predicted molar refractivity (Wildman–Crippen MR) is 84.0 cm³/mol. The molecule has 1 aliphatic rings. The molecule has 0 fully saturated rings. The highest BCUT2D eigenvalue weighted by molar-refractivity contribution is 8.00. The predicted octanol–water partition coefficient (Wildman–Crippen LogP) is 3.17. The standard InChI is InChI=1S/C15H13NO3S2/c1-19-15(18)10-4-5-12-13(7-10)21-9-14(17)16(12)8-11-3-2-6-20-11/h2-7H,8-9H2,1H3. The lowest BCUT2D eigenvalue weighted by molar-refractivity contribution is -0.116. The second-order valence-electron chi connectivity index (χ2n) is 4.52. The topological polar surface area (TPSA) is 46.6 Å². The number of carbonyl (C=O) groups is 2. The third kappa shape index (κ3) is 2.82. The summed E-state index contributed by atoms with van der Waals surface area (Å²) in [4.78, 5) is 27.6. The molecule has 108 valence electrons. The molecule has 0 radical (unpaired) electrons. The summed E-state index contributed by atoms with van der Waals surface area (Å²) in [7, 11) is 1.36. The van der Waals surface area contributed by atoms with Crippen LogP contribution in [0.4, 0.5) is 5.69 Å². The van der Waals surface area contributed by atoms with Crippen LogP contribution < -0.4 is 4.90 Å². The Kier molecular flexibility index (Phi) is 3.98. The average Bonchev–Trinajstić information content (AvgIpc) is 3.02. The Morgan fingerprint density at radius 1 is 1.38 bits per heavy atom. The van der Waals surface area contributed by atoms with Crippen LogP contribution in [0, 0.1) is 0 Å². The van der Waals surface area contributed by atoms with Crippen LogP contribution in [0.25, 0.3) is 0 Å². The van der Waals surface area contributed by atoms with Gasteiger partial charge in [-0.2, -0.15) is 0 Å². The highest BCUT2D eigenvalue weighted by Gasteiger charge is 2.26. The molecular weight excluding hydrogens is 306 g/mol. The second kappa shape index (κ2) is 5.91. The fraction of sp³-hybridized carbons (Fsp3) is 0.200. The van der Waals surface area contributed by atoms with Gasteiger partial charge in [0.2, 0.25) is 5.91 Å². The first-order chi connectivity index (χ1) is 10.2. The van der Waals surface area contributed by atoms with Gasteiger partial charge in [-0.1, -0.05) is 6.07 Å². The monoisotopic (exact) mass is 319 g/mol. The number of carbonyl (C=O) groups excluding carboxylic acids is 2. The maximum atomic E-state index is 12.2. The minimum atomic E-state index is -0.361. The molecule has 2 heterocycles. The molecule has 1 amide bonds. The van der Waals surface area contributed by atoms with E-state index in [1.165, 1.54) is 18.9 Å². The van der Waals surface area contributed by atoms with Crippen LogP contribution in [0.5, 0.6) is 0 Å². The lowest BCUT2D eigenvalue weighted by atomic mass is 10.2. The van der Waals surface area contributed by atoms with Crippen molar-refractivity contribution in [2.75, 3.05) is 17.8 Å². The zero-order valence-electron chi connectivity index (χ0n) is 11.4. The molecule has 0 saturated heterocycles. The van der Waals surface area contributed by atoms with E-state index >= 15 is 0 Å². The van der Waals surface area contributed by atoms with E-state index in [1.54, 1.807) is 28.4 Å². The zero-order chi connectivity index (χ0) is 14.8. The van der Waals surface area contributed by atoms with Gasteiger partial charge in [0.25, 0.3) is 0 Å². The third-order valence-corrected chi connectivity index (χ3v) is 5.11. The Labute approximate surface area is 130 Å². The van der Waals surface area contributed by atoms with Gasteiger partial charge in [-0.15, -0.1) is 23.1 Å². The summed E-state index contributed by atoms with van der Waals surface area (Å²) >= 11 is 3.09. The number of nitrogens with zero attached hydrogens (tertiary/aromatic N) is 1. The van der Waals surface area contributed by atoms with Crippen molar-refractivity contribution < 1.29 is 14.3 Å². The van der Waals surface area contributed by atoms with E-state index in [0.29, 0.717) is 17.9 Å².